The molecule has 0 bridgehead atoms. The Kier molecular flexibility index (Phi) is 6.08. The molecular weight excluding hydrogens is 300 g/mol. The number of hydrogen-bond donors (Lipinski definition) is 1. The first-order chi connectivity index (χ1) is 8.43. The zero-order valence-electron chi connectivity index (χ0n) is 11.1. The molecule has 0 aromatic rings. The molecular formula is C12H21BrN2O3. The number of carbonyl (C=O) groups excluding carboxylic acids is 2. The molecule has 2 unspecified atom stereocenters. The van der Waals surface area contributed by atoms with Crippen LogP contribution in [0.25, 0.3) is 0 Å². The predicted molar refractivity (Wildman–Crippen MR) is 72.6 cm³/mol. The molecule has 1 fully saturated rings. The minimum Gasteiger partial charge on any atom is -0.378 e. The second kappa shape index (κ2) is 7.09. The topological polar surface area (TPSA) is 58.6 Å². The van der Waals surface area contributed by atoms with E-state index in [4.69, 9.17) is 4.74 Å². The Bertz CT molecular complexity index is 304. The molecule has 0 spiro atoms. The first-order valence-corrected chi connectivity index (χ1v) is 7.16. The van der Waals surface area contributed by atoms with Gasteiger partial charge in [0.2, 0.25) is 11.8 Å². The number of nitrogens with zero attached hydrogens (tertiary/aromatic N) is 1. The Labute approximate surface area is 116 Å². The summed E-state index contributed by atoms with van der Waals surface area (Å²) >= 11 is 3.32. The van der Waals surface area contributed by atoms with E-state index in [1.54, 1.807) is 11.8 Å². The molecule has 2 amide bonds. The molecule has 6 heteroatoms. The summed E-state index contributed by atoms with van der Waals surface area (Å²) in [5.41, 5.74) is 0. The number of carbonyl (C=O) groups is 2. The molecule has 0 aromatic carbocycles. The number of alkyl halides is 1. The van der Waals surface area contributed by atoms with Crippen LogP contribution in [0.5, 0.6) is 0 Å². The van der Waals surface area contributed by atoms with Crippen LogP contribution < -0.4 is 5.32 Å². The van der Waals surface area contributed by atoms with E-state index in [1.165, 1.54) is 0 Å². The van der Waals surface area contributed by atoms with E-state index in [1.807, 2.05) is 13.8 Å². The van der Waals surface area contributed by atoms with Gasteiger partial charge < -0.3 is 15.0 Å². The summed E-state index contributed by atoms with van der Waals surface area (Å²) in [5, 5.41) is 2.74. The van der Waals surface area contributed by atoms with Crippen LogP contribution in [-0.4, -0.2) is 53.9 Å². The van der Waals surface area contributed by atoms with Gasteiger partial charge >= 0.3 is 0 Å². The summed E-state index contributed by atoms with van der Waals surface area (Å²) in [7, 11) is 0. The SMILES string of the molecule is CC(NC(=O)C(Br)C(C)C)C(=O)N1CCOCC1. The van der Waals surface area contributed by atoms with Crippen LogP contribution in [0, 0.1) is 5.92 Å². The van der Waals surface area contributed by atoms with Crippen LogP contribution in [0.4, 0.5) is 0 Å². The van der Waals surface area contributed by atoms with Crippen molar-refractivity contribution in [3.05, 3.63) is 0 Å². The third-order valence-corrected chi connectivity index (χ3v) is 4.36. The monoisotopic (exact) mass is 320 g/mol. The molecule has 104 valence electrons. The van der Waals surface area contributed by atoms with Crippen LogP contribution >= 0.6 is 15.9 Å². The Morgan fingerprint density at radius 1 is 1.22 bits per heavy atom. The number of morpholine rings is 1. The average molecular weight is 321 g/mol. The summed E-state index contributed by atoms with van der Waals surface area (Å²) in [6.07, 6.45) is 0. The van der Waals surface area contributed by atoms with Gasteiger partial charge in [0.25, 0.3) is 0 Å². The fourth-order valence-electron chi connectivity index (χ4n) is 1.72. The van der Waals surface area contributed by atoms with Crippen LogP contribution in [0.1, 0.15) is 20.8 Å². The quantitative estimate of drug-likeness (QED) is 0.778. The second-order valence-corrected chi connectivity index (χ2v) is 5.80. The number of amides is 2. The van der Waals surface area contributed by atoms with Crippen molar-refractivity contribution in [2.75, 3.05) is 26.3 Å². The normalized spacial score (nSPS) is 19.5. The molecule has 5 nitrogen and oxygen atoms in total. The smallest absolute Gasteiger partial charge is 0.245 e. The third-order valence-electron chi connectivity index (χ3n) is 2.89. The van der Waals surface area contributed by atoms with Gasteiger partial charge in [-0.15, -0.1) is 0 Å². The van der Waals surface area contributed by atoms with E-state index in [9.17, 15) is 9.59 Å². The highest BCUT2D eigenvalue weighted by Crippen LogP contribution is 2.12. The van der Waals surface area contributed by atoms with Gasteiger partial charge in [0, 0.05) is 13.1 Å². The van der Waals surface area contributed by atoms with Gasteiger partial charge in [0.05, 0.1) is 18.0 Å². The highest BCUT2D eigenvalue weighted by molar-refractivity contribution is 9.10. The largest absolute Gasteiger partial charge is 0.378 e. The fourth-order valence-corrected chi connectivity index (χ4v) is 1.85. The summed E-state index contributed by atoms with van der Waals surface area (Å²) < 4.78 is 5.19. The van der Waals surface area contributed by atoms with Crippen molar-refractivity contribution in [2.24, 2.45) is 5.92 Å². The van der Waals surface area contributed by atoms with Gasteiger partial charge in [-0.05, 0) is 12.8 Å². The van der Waals surface area contributed by atoms with Gasteiger partial charge in [-0.3, -0.25) is 9.59 Å². The summed E-state index contributed by atoms with van der Waals surface area (Å²) in [6.45, 7) is 7.96. The zero-order chi connectivity index (χ0) is 13.7. The molecule has 18 heavy (non-hydrogen) atoms. The predicted octanol–water partition coefficient (Wildman–Crippen LogP) is 0.769. The molecule has 0 aromatic heterocycles. The van der Waals surface area contributed by atoms with Crippen LogP contribution in [0.15, 0.2) is 0 Å². The number of ether oxygens (including phenoxy) is 1. The van der Waals surface area contributed by atoms with E-state index in [0.29, 0.717) is 26.3 Å². The maximum absolute atomic E-state index is 12.1. The Hall–Kier alpha value is -0.620. The van der Waals surface area contributed by atoms with Crippen molar-refractivity contribution in [3.63, 3.8) is 0 Å². The first kappa shape index (κ1) is 15.4. The Balaban J connectivity index is 2.46. The summed E-state index contributed by atoms with van der Waals surface area (Å²) in [4.78, 5) is 25.4. The highest BCUT2D eigenvalue weighted by atomic mass is 79.9. The van der Waals surface area contributed by atoms with E-state index in [-0.39, 0.29) is 22.6 Å². The summed E-state index contributed by atoms with van der Waals surface area (Å²) in [6, 6.07) is -0.491. The number of hydrogen-bond acceptors (Lipinski definition) is 3. The molecule has 1 aliphatic heterocycles. The van der Waals surface area contributed by atoms with E-state index in [2.05, 4.69) is 21.2 Å². The zero-order valence-corrected chi connectivity index (χ0v) is 12.7. The molecule has 1 N–H and O–H groups in total. The lowest BCUT2D eigenvalue weighted by atomic mass is 10.1. The van der Waals surface area contributed by atoms with Gasteiger partial charge in [-0.2, -0.15) is 0 Å². The van der Waals surface area contributed by atoms with Crippen LogP contribution in [0.3, 0.4) is 0 Å². The van der Waals surface area contributed by atoms with Crippen LogP contribution in [0.2, 0.25) is 0 Å². The van der Waals surface area contributed by atoms with Gasteiger partial charge in [0.15, 0.2) is 0 Å². The lowest BCUT2D eigenvalue weighted by Crippen LogP contribution is -2.52. The van der Waals surface area contributed by atoms with Gasteiger partial charge in [-0.25, -0.2) is 0 Å². The van der Waals surface area contributed by atoms with E-state index in [0.717, 1.165) is 0 Å². The lowest BCUT2D eigenvalue weighted by molar-refractivity contribution is -0.139. The minimum atomic E-state index is -0.491. The summed E-state index contributed by atoms with van der Waals surface area (Å²) in [5.74, 6) is 0.00454. The maximum Gasteiger partial charge on any atom is 0.245 e. The molecule has 1 aliphatic rings. The van der Waals surface area contributed by atoms with Crippen LogP contribution in [-0.2, 0) is 14.3 Å². The van der Waals surface area contributed by atoms with E-state index < -0.39 is 6.04 Å². The fraction of sp³-hybridized carbons (Fsp3) is 0.833. The second-order valence-electron chi connectivity index (χ2n) is 4.81. The van der Waals surface area contributed by atoms with Crippen molar-refractivity contribution < 1.29 is 14.3 Å². The molecule has 0 aliphatic carbocycles. The number of rotatable bonds is 4. The third kappa shape index (κ3) is 4.24. The molecule has 0 radical (unpaired) electrons. The average Bonchev–Trinajstić information content (AvgIpc) is 2.37. The van der Waals surface area contributed by atoms with E-state index >= 15 is 0 Å². The number of nitrogens with one attached hydrogen (secondary N) is 1. The molecule has 1 heterocycles. The molecule has 1 saturated heterocycles. The van der Waals surface area contributed by atoms with Crippen molar-refractivity contribution in [3.8, 4) is 0 Å². The van der Waals surface area contributed by atoms with Crippen molar-refractivity contribution in [1.29, 1.82) is 0 Å². The van der Waals surface area contributed by atoms with Crippen molar-refractivity contribution in [2.45, 2.75) is 31.6 Å². The Morgan fingerprint density at radius 3 is 2.28 bits per heavy atom. The standard InChI is InChI=1S/C12H21BrN2O3/c1-8(2)10(13)11(16)14-9(3)12(17)15-4-6-18-7-5-15/h8-10H,4-7H2,1-3H3,(H,14,16). The highest BCUT2D eigenvalue weighted by Gasteiger charge is 2.26. The van der Waals surface area contributed by atoms with Gasteiger partial charge in [0.1, 0.15) is 6.04 Å². The first-order valence-electron chi connectivity index (χ1n) is 6.24. The maximum atomic E-state index is 12.1. The van der Waals surface area contributed by atoms with Crippen molar-refractivity contribution >= 4 is 27.7 Å². The Morgan fingerprint density at radius 2 is 1.78 bits per heavy atom. The van der Waals surface area contributed by atoms with Crippen molar-refractivity contribution in [1.82, 2.24) is 10.2 Å². The molecule has 2 atom stereocenters. The minimum absolute atomic E-state index is 0.0462. The number of halogens is 1. The molecule has 1 rings (SSSR count). The lowest BCUT2D eigenvalue weighted by Gasteiger charge is -2.29. The van der Waals surface area contributed by atoms with Gasteiger partial charge in [-0.1, -0.05) is 29.8 Å². The molecule has 0 saturated carbocycles.